The maximum atomic E-state index is 12.4. The summed E-state index contributed by atoms with van der Waals surface area (Å²) in [6.07, 6.45) is 1.77. The van der Waals surface area contributed by atoms with E-state index in [2.05, 4.69) is 21.3 Å². The molecule has 0 saturated carbocycles. The third-order valence-corrected chi connectivity index (χ3v) is 5.60. The number of aromatic nitrogens is 1. The monoisotopic (exact) mass is 393 g/mol. The second-order valence-corrected chi connectivity index (χ2v) is 8.34. The van der Waals surface area contributed by atoms with Gasteiger partial charge in [0.25, 0.3) is 0 Å². The van der Waals surface area contributed by atoms with Crippen molar-refractivity contribution in [2.45, 2.75) is 13.1 Å². The molecule has 0 aromatic carbocycles. The third kappa shape index (κ3) is 5.09. The van der Waals surface area contributed by atoms with Crippen LogP contribution >= 0.6 is 22.9 Å². The number of carbonyl (C=O) groups excluding carboxylic acids is 1. The average Bonchev–Trinajstić information content (AvgIpc) is 3.05. The number of urea groups is 1. The summed E-state index contributed by atoms with van der Waals surface area (Å²) in [4.78, 5) is 24.2. The highest BCUT2D eigenvalue weighted by Crippen LogP contribution is 2.23. The van der Waals surface area contributed by atoms with E-state index in [-0.39, 0.29) is 6.03 Å². The number of rotatable bonds is 5. The molecule has 8 heteroatoms. The number of hydrogen-bond acceptors (Lipinski definition) is 5. The molecule has 0 radical (unpaired) electrons. The van der Waals surface area contributed by atoms with E-state index in [0.29, 0.717) is 6.54 Å². The number of piperazine rings is 1. The van der Waals surface area contributed by atoms with E-state index < -0.39 is 0 Å². The topological polar surface area (TPSA) is 51.7 Å². The molecule has 26 heavy (non-hydrogen) atoms. The molecule has 3 heterocycles. The first kappa shape index (κ1) is 18.9. The highest BCUT2D eigenvalue weighted by Gasteiger charge is 2.21. The average molecular weight is 394 g/mol. The maximum Gasteiger partial charge on any atom is 0.317 e. The van der Waals surface area contributed by atoms with Gasteiger partial charge >= 0.3 is 6.03 Å². The Hall–Kier alpha value is -1.83. The Bertz CT molecular complexity index is 743. The molecular formula is C18H24ClN5OS. The van der Waals surface area contributed by atoms with Crippen molar-refractivity contribution in [1.29, 1.82) is 0 Å². The quantitative estimate of drug-likeness (QED) is 0.848. The van der Waals surface area contributed by atoms with Crippen LogP contribution in [0.2, 0.25) is 4.34 Å². The van der Waals surface area contributed by atoms with Crippen molar-refractivity contribution >= 4 is 34.8 Å². The van der Waals surface area contributed by atoms with Crippen LogP contribution in [0.15, 0.2) is 30.5 Å². The molecule has 140 valence electrons. The van der Waals surface area contributed by atoms with E-state index in [0.717, 1.165) is 48.4 Å². The highest BCUT2D eigenvalue weighted by molar-refractivity contribution is 7.16. The first-order chi connectivity index (χ1) is 12.5. The molecular weight excluding hydrogens is 370 g/mol. The van der Waals surface area contributed by atoms with Crippen molar-refractivity contribution in [2.75, 3.05) is 45.2 Å². The Balaban J connectivity index is 1.44. The smallest absolute Gasteiger partial charge is 0.317 e. The van der Waals surface area contributed by atoms with Gasteiger partial charge in [-0.2, -0.15) is 0 Å². The first-order valence-corrected chi connectivity index (χ1v) is 9.82. The van der Waals surface area contributed by atoms with Crippen LogP contribution in [0.5, 0.6) is 0 Å². The number of hydrogen-bond donors (Lipinski definition) is 1. The van der Waals surface area contributed by atoms with E-state index in [1.807, 2.05) is 42.1 Å². The van der Waals surface area contributed by atoms with Crippen LogP contribution in [0.4, 0.5) is 10.6 Å². The van der Waals surface area contributed by atoms with Gasteiger partial charge in [0, 0.05) is 64.4 Å². The number of nitrogens with one attached hydrogen (secondary N) is 1. The predicted molar refractivity (Wildman–Crippen MR) is 107 cm³/mol. The van der Waals surface area contributed by atoms with Crippen LogP contribution in [0.1, 0.15) is 10.4 Å². The molecule has 1 N–H and O–H groups in total. The minimum atomic E-state index is -0.00738. The second kappa shape index (κ2) is 8.70. The Kier molecular flexibility index (Phi) is 6.34. The molecule has 0 unspecified atom stereocenters. The summed E-state index contributed by atoms with van der Waals surface area (Å²) in [5.74, 6) is 0.888. The fourth-order valence-corrected chi connectivity index (χ4v) is 4.00. The molecule has 1 aliphatic rings. The highest BCUT2D eigenvalue weighted by atomic mass is 35.5. The lowest BCUT2D eigenvalue weighted by Crippen LogP contribution is -2.51. The van der Waals surface area contributed by atoms with Gasteiger partial charge in [0.1, 0.15) is 5.82 Å². The lowest BCUT2D eigenvalue weighted by atomic mass is 10.2. The zero-order valence-electron chi connectivity index (χ0n) is 15.1. The molecule has 2 amide bonds. The van der Waals surface area contributed by atoms with Crippen LogP contribution in [0, 0.1) is 0 Å². The Morgan fingerprint density at radius 3 is 2.69 bits per heavy atom. The fourth-order valence-electron chi connectivity index (χ4n) is 2.87. The fraction of sp³-hybridized carbons (Fsp3) is 0.444. The molecule has 1 aliphatic heterocycles. The number of anilines is 1. The van der Waals surface area contributed by atoms with E-state index >= 15 is 0 Å². The second-order valence-electron chi connectivity index (χ2n) is 6.54. The van der Waals surface area contributed by atoms with Crippen LogP contribution in [-0.4, -0.2) is 61.1 Å². The molecule has 0 bridgehead atoms. The van der Waals surface area contributed by atoms with Crippen molar-refractivity contribution in [3.05, 3.63) is 45.2 Å². The van der Waals surface area contributed by atoms with Crippen LogP contribution in [-0.2, 0) is 13.1 Å². The van der Waals surface area contributed by atoms with Gasteiger partial charge in [0.2, 0.25) is 0 Å². The Morgan fingerprint density at radius 2 is 2.04 bits per heavy atom. The number of nitrogens with zero attached hydrogens (tertiary/aromatic N) is 4. The van der Waals surface area contributed by atoms with E-state index in [4.69, 9.17) is 11.6 Å². The Labute approximate surface area is 163 Å². The Morgan fingerprint density at radius 1 is 1.27 bits per heavy atom. The summed E-state index contributed by atoms with van der Waals surface area (Å²) >= 11 is 7.61. The van der Waals surface area contributed by atoms with Crippen LogP contribution in [0.25, 0.3) is 0 Å². The number of pyridine rings is 1. The lowest BCUT2D eigenvalue weighted by molar-refractivity contribution is 0.135. The number of amides is 2. The third-order valence-electron chi connectivity index (χ3n) is 4.38. The molecule has 0 aliphatic carbocycles. The van der Waals surface area contributed by atoms with Gasteiger partial charge < -0.3 is 15.1 Å². The van der Waals surface area contributed by atoms with Gasteiger partial charge in [-0.15, -0.1) is 11.3 Å². The molecule has 6 nitrogen and oxygen atoms in total. The molecule has 1 fully saturated rings. The maximum absolute atomic E-state index is 12.4. The molecule has 0 spiro atoms. The van der Waals surface area contributed by atoms with Gasteiger partial charge in [-0.3, -0.25) is 4.90 Å². The van der Waals surface area contributed by atoms with E-state index in [1.54, 1.807) is 17.5 Å². The van der Waals surface area contributed by atoms with Crippen molar-refractivity contribution < 1.29 is 4.79 Å². The van der Waals surface area contributed by atoms with Crippen LogP contribution < -0.4 is 10.2 Å². The lowest BCUT2D eigenvalue weighted by Gasteiger charge is -2.34. The van der Waals surface area contributed by atoms with E-state index in [1.165, 1.54) is 4.88 Å². The molecule has 1 saturated heterocycles. The summed E-state index contributed by atoms with van der Waals surface area (Å²) in [6, 6.07) is 7.92. The molecule has 2 aromatic heterocycles. The number of carbonyl (C=O) groups is 1. The van der Waals surface area contributed by atoms with Gasteiger partial charge in [0.15, 0.2) is 0 Å². The molecule has 2 aromatic rings. The zero-order valence-corrected chi connectivity index (χ0v) is 16.7. The van der Waals surface area contributed by atoms with Crippen molar-refractivity contribution in [2.24, 2.45) is 0 Å². The summed E-state index contributed by atoms with van der Waals surface area (Å²) in [7, 11) is 3.91. The van der Waals surface area contributed by atoms with Crippen molar-refractivity contribution in [3.8, 4) is 0 Å². The SMILES string of the molecule is CN(C)c1cc(CNC(=O)N2CCN(Cc3ccc(Cl)s3)CC2)ccn1. The van der Waals surface area contributed by atoms with Crippen molar-refractivity contribution in [3.63, 3.8) is 0 Å². The largest absolute Gasteiger partial charge is 0.363 e. The number of halogens is 1. The molecule has 0 atom stereocenters. The minimum absolute atomic E-state index is 0.00738. The first-order valence-electron chi connectivity index (χ1n) is 8.63. The summed E-state index contributed by atoms with van der Waals surface area (Å²) in [5, 5.41) is 3.01. The number of thiophene rings is 1. The van der Waals surface area contributed by atoms with Crippen molar-refractivity contribution in [1.82, 2.24) is 20.1 Å². The van der Waals surface area contributed by atoms with Gasteiger partial charge in [-0.25, -0.2) is 9.78 Å². The van der Waals surface area contributed by atoms with Gasteiger partial charge in [0.05, 0.1) is 4.34 Å². The standard InChI is InChI=1S/C18H24ClN5OS/c1-22(2)17-11-14(5-6-20-17)12-21-18(25)24-9-7-23(8-10-24)13-15-3-4-16(19)26-15/h3-6,11H,7-10,12-13H2,1-2H3,(H,21,25). The minimum Gasteiger partial charge on any atom is -0.363 e. The summed E-state index contributed by atoms with van der Waals surface area (Å²) in [5.41, 5.74) is 1.05. The predicted octanol–water partition coefficient (Wildman–Crippen LogP) is 2.89. The zero-order chi connectivity index (χ0) is 18.5. The van der Waals surface area contributed by atoms with Crippen LogP contribution in [0.3, 0.4) is 0 Å². The summed E-state index contributed by atoms with van der Waals surface area (Å²) in [6.45, 7) is 4.65. The molecule has 3 rings (SSSR count). The van der Waals surface area contributed by atoms with Gasteiger partial charge in [-0.05, 0) is 29.8 Å². The normalized spacial score (nSPS) is 15.1. The van der Waals surface area contributed by atoms with E-state index in [9.17, 15) is 4.79 Å². The summed E-state index contributed by atoms with van der Waals surface area (Å²) < 4.78 is 0.826. The van der Waals surface area contributed by atoms with Gasteiger partial charge in [-0.1, -0.05) is 11.6 Å².